The van der Waals surface area contributed by atoms with E-state index >= 15 is 0 Å². The van der Waals surface area contributed by atoms with E-state index in [1.807, 2.05) is 4.90 Å². The Labute approximate surface area is 141 Å². The van der Waals surface area contributed by atoms with E-state index in [4.69, 9.17) is 4.74 Å². The number of aryl methyl sites for hydroxylation is 1. The number of nitrogens with one attached hydrogen (secondary N) is 1. The highest BCUT2D eigenvalue weighted by molar-refractivity contribution is 6.00. The number of aromatic nitrogens is 2. The Morgan fingerprint density at radius 1 is 1.12 bits per heavy atom. The van der Waals surface area contributed by atoms with Crippen LogP contribution in [-0.2, 0) is 20.7 Å². The third kappa shape index (κ3) is 2.70. The third-order valence-electron chi connectivity index (χ3n) is 5.34. The van der Waals surface area contributed by atoms with Crippen molar-refractivity contribution >= 4 is 17.5 Å². The van der Waals surface area contributed by atoms with Crippen LogP contribution in [-0.4, -0.2) is 58.8 Å². The second-order valence-corrected chi connectivity index (χ2v) is 6.87. The highest BCUT2D eigenvalue weighted by Crippen LogP contribution is 2.29. The summed E-state index contributed by atoms with van der Waals surface area (Å²) < 4.78 is 5.55. The Balaban J connectivity index is 1.55. The van der Waals surface area contributed by atoms with Gasteiger partial charge in [0.2, 0.25) is 5.91 Å². The van der Waals surface area contributed by atoms with Crippen molar-refractivity contribution in [2.45, 2.75) is 57.1 Å². The molecule has 1 N–H and O–H groups in total. The van der Waals surface area contributed by atoms with Crippen molar-refractivity contribution in [2.24, 2.45) is 0 Å². The molecule has 0 saturated carbocycles. The molecule has 4 heterocycles. The summed E-state index contributed by atoms with van der Waals surface area (Å²) in [5.41, 5.74) is 1.89. The van der Waals surface area contributed by atoms with Crippen LogP contribution in [0.5, 0.6) is 0 Å². The summed E-state index contributed by atoms with van der Waals surface area (Å²) in [5, 5.41) is 7.06. The maximum absolute atomic E-state index is 13.2. The predicted molar refractivity (Wildman–Crippen MR) is 87.6 cm³/mol. The van der Waals surface area contributed by atoms with Crippen LogP contribution >= 0.6 is 0 Å². The van der Waals surface area contributed by atoms with Gasteiger partial charge in [0.25, 0.3) is 5.91 Å². The van der Waals surface area contributed by atoms with Crippen molar-refractivity contribution in [3.63, 3.8) is 0 Å². The zero-order valence-corrected chi connectivity index (χ0v) is 13.9. The lowest BCUT2D eigenvalue weighted by molar-refractivity contribution is -0.148. The second kappa shape index (κ2) is 6.55. The molecule has 0 bridgehead atoms. The van der Waals surface area contributed by atoms with Gasteiger partial charge in [0.1, 0.15) is 12.1 Å². The number of carbonyl (C=O) groups is 2. The van der Waals surface area contributed by atoms with Crippen molar-refractivity contribution in [2.75, 3.05) is 24.6 Å². The van der Waals surface area contributed by atoms with Gasteiger partial charge in [-0.1, -0.05) is 0 Å². The molecule has 4 rings (SSSR count). The van der Waals surface area contributed by atoms with E-state index in [-0.39, 0.29) is 24.0 Å². The fraction of sp³-hybridized carbons (Fsp3) is 0.706. The Kier molecular flexibility index (Phi) is 4.26. The lowest BCUT2D eigenvalue weighted by Gasteiger charge is -2.39. The number of amides is 2. The van der Waals surface area contributed by atoms with Crippen LogP contribution in [0.2, 0.25) is 0 Å². The van der Waals surface area contributed by atoms with Gasteiger partial charge in [-0.15, -0.1) is 0 Å². The number of nitrogens with zero attached hydrogens (tertiary/aromatic N) is 3. The number of H-pyrrole nitrogens is 1. The fourth-order valence-electron chi connectivity index (χ4n) is 4.08. The molecule has 130 valence electrons. The third-order valence-corrected chi connectivity index (χ3v) is 5.34. The maximum Gasteiger partial charge on any atom is 0.252 e. The minimum absolute atomic E-state index is 0.00465. The minimum Gasteiger partial charge on any atom is -0.368 e. The number of carbonyl (C=O) groups excluding carboxylic acids is 2. The molecule has 0 radical (unpaired) electrons. The van der Waals surface area contributed by atoms with Gasteiger partial charge in [0, 0.05) is 19.7 Å². The first-order chi connectivity index (χ1) is 11.8. The zero-order chi connectivity index (χ0) is 16.5. The Bertz CT molecular complexity index is 623. The highest BCUT2D eigenvalue weighted by atomic mass is 16.5. The number of hydrogen-bond donors (Lipinski definition) is 1. The molecule has 0 unspecified atom stereocenters. The van der Waals surface area contributed by atoms with E-state index in [0.717, 1.165) is 56.3 Å². The van der Waals surface area contributed by atoms with E-state index in [1.54, 1.807) is 11.1 Å². The molecule has 3 aliphatic rings. The molecule has 1 aromatic rings. The van der Waals surface area contributed by atoms with E-state index < -0.39 is 0 Å². The number of likely N-dealkylation sites (tertiary alicyclic amines) is 1. The molecule has 2 saturated heterocycles. The maximum atomic E-state index is 13.2. The molecular weight excluding hydrogens is 308 g/mol. The Morgan fingerprint density at radius 3 is 2.88 bits per heavy atom. The van der Waals surface area contributed by atoms with Crippen LogP contribution in [0, 0.1) is 0 Å². The van der Waals surface area contributed by atoms with Gasteiger partial charge in [-0.3, -0.25) is 14.7 Å². The van der Waals surface area contributed by atoms with Crippen LogP contribution in [0.25, 0.3) is 0 Å². The number of hydrogen-bond acceptors (Lipinski definition) is 4. The molecule has 24 heavy (non-hydrogen) atoms. The topological polar surface area (TPSA) is 78.5 Å². The van der Waals surface area contributed by atoms with Crippen LogP contribution in [0.1, 0.15) is 44.2 Å². The van der Waals surface area contributed by atoms with Gasteiger partial charge in [0.15, 0.2) is 0 Å². The van der Waals surface area contributed by atoms with E-state index in [9.17, 15) is 9.59 Å². The summed E-state index contributed by atoms with van der Waals surface area (Å²) in [5.74, 6) is 0.0263. The number of aromatic amines is 1. The predicted octanol–water partition coefficient (Wildman–Crippen LogP) is 1.25. The number of anilines is 1. The zero-order valence-electron chi connectivity index (χ0n) is 13.9. The molecule has 0 aromatic carbocycles. The van der Waals surface area contributed by atoms with Crippen molar-refractivity contribution in [1.82, 2.24) is 15.1 Å². The molecule has 3 aliphatic heterocycles. The average molecular weight is 332 g/mol. The molecule has 1 aromatic heterocycles. The van der Waals surface area contributed by atoms with Crippen LogP contribution in [0.15, 0.2) is 6.20 Å². The Morgan fingerprint density at radius 2 is 2.04 bits per heavy atom. The lowest BCUT2D eigenvalue weighted by Crippen LogP contribution is -2.56. The summed E-state index contributed by atoms with van der Waals surface area (Å²) in [7, 11) is 0. The molecule has 2 amide bonds. The summed E-state index contributed by atoms with van der Waals surface area (Å²) in [6, 6.07) is -0.365. The number of fused-ring (bicyclic) bond motifs is 1. The first kappa shape index (κ1) is 15.6. The standard InChI is InChI=1S/C17H24N4O3/c22-16(21-9-3-5-12-14(21)11-18-19-12)13-6-1-2-8-20(13)17(23)15-7-4-10-24-15/h11,13,15H,1-10H2,(H,18,19)/t13-,15+/m0/s1. The summed E-state index contributed by atoms with van der Waals surface area (Å²) >= 11 is 0. The number of piperidine rings is 1. The summed E-state index contributed by atoms with van der Waals surface area (Å²) in [4.78, 5) is 29.6. The molecule has 0 spiro atoms. The SMILES string of the molecule is O=C([C@@H]1CCCCN1C(=O)[C@H]1CCCO1)N1CCCc2[nH]ncc21. The molecule has 2 atom stereocenters. The van der Waals surface area contributed by atoms with Gasteiger partial charge < -0.3 is 14.5 Å². The summed E-state index contributed by atoms with van der Waals surface area (Å²) in [6.07, 6.45) is 7.58. The van der Waals surface area contributed by atoms with Crippen LogP contribution < -0.4 is 4.90 Å². The van der Waals surface area contributed by atoms with Crippen molar-refractivity contribution < 1.29 is 14.3 Å². The van der Waals surface area contributed by atoms with Gasteiger partial charge >= 0.3 is 0 Å². The molecule has 7 nitrogen and oxygen atoms in total. The number of ether oxygens (including phenoxy) is 1. The number of rotatable bonds is 2. The second-order valence-electron chi connectivity index (χ2n) is 6.87. The van der Waals surface area contributed by atoms with Crippen LogP contribution in [0.4, 0.5) is 5.69 Å². The van der Waals surface area contributed by atoms with Crippen LogP contribution in [0.3, 0.4) is 0 Å². The first-order valence-electron chi connectivity index (χ1n) is 9.01. The quantitative estimate of drug-likeness (QED) is 0.884. The normalized spacial score (nSPS) is 27.2. The molecular formula is C17H24N4O3. The molecule has 7 heteroatoms. The monoisotopic (exact) mass is 332 g/mol. The van der Waals surface area contributed by atoms with Gasteiger partial charge in [-0.2, -0.15) is 5.10 Å². The highest BCUT2D eigenvalue weighted by Gasteiger charge is 2.39. The first-order valence-corrected chi connectivity index (χ1v) is 9.01. The molecule has 0 aliphatic carbocycles. The lowest BCUT2D eigenvalue weighted by atomic mass is 9.98. The van der Waals surface area contributed by atoms with Crippen molar-refractivity contribution in [1.29, 1.82) is 0 Å². The van der Waals surface area contributed by atoms with E-state index in [2.05, 4.69) is 10.2 Å². The summed E-state index contributed by atoms with van der Waals surface area (Å²) in [6.45, 7) is 2.00. The van der Waals surface area contributed by atoms with Gasteiger partial charge in [0.05, 0.1) is 17.6 Å². The smallest absolute Gasteiger partial charge is 0.252 e. The largest absolute Gasteiger partial charge is 0.368 e. The fourth-order valence-corrected chi connectivity index (χ4v) is 4.08. The van der Waals surface area contributed by atoms with E-state index in [1.165, 1.54) is 0 Å². The van der Waals surface area contributed by atoms with Crippen molar-refractivity contribution in [3.8, 4) is 0 Å². The van der Waals surface area contributed by atoms with Gasteiger partial charge in [-0.05, 0) is 44.9 Å². The van der Waals surface area contributed by atoms with E-state index in [0.29, 0.717) is 19.7 Å². The van der Waals surface area contributed by atoms with Crippen molar-refractivity contribution in [3.05, 3.63) is 11.9 Å². The van der Waals surface area contributed by atoms with Gasteiger partial charge in [-0.25, -0.2) is 0 Å². The minimum atomic E-state index is -0.365. The Hall–Kier alpha value is -1.89. The molecule has 2 fully saturated rings. The average Bonchev–Trinajstić information content (AvgIpc) is 3.31.